The first-order valence-electron chi connectivity index (χ1n) is 9.64. The highest BCUT2D eigenvalue weighted by Crippen LogP contribution is 2.26. The number of benzene rings is 1. The van der Waals surface area contributed by atoms with Crippen LogP contribution >= 0.6 is 0 Å². The fraction of sp³-hybridized carbons (Fsp3) is 0.412. The summed E-state index contributed by atoms with van der Waals surface area (Å²) >= 11 is 0. The van der Waals surface area contributed by atoms with E-state index in [-0.39, 0.29) is 47.5 Å². The predicted molar refractivity (Wildman–Crippen MR) is 110 cm³/mol. The minimum Gasteiger partial charge on any atom is -0.337 e. The molecule has 0 saturated carbocycles. The predicted octanol–water partition coefficient (Wildman–Crippen LogP) is 0.133. The molecule has 12 nitrogen and oxygen atoms in total. The molecule has 3 heterocycles. The van der Waals surface area contributed by atoms with Crippen molar-refractivity contribution < 1.29 is 21.2 Å². The van der Waals surface area contributed by atoms with Gasteiger partial charge in [-0.15, -0.1) is 10.2 Å². The summed E-state index contributed by atoms with van der Waals surface area (Å²) in [7, 11) is -6.17. The van der Waals surface area contributed by atoms with Crippen molar-refractivity contribution in [1.82, 2.24) is 38.8 Å². The van der Waals surface area contributed by atoms with E-state index in [1.807, 2.05) is 0 Å². The molecule has 172 valence electrons. The monoisotopic (exact) mass is 484 g/mol. The Morgan fingerprint density at radius 3 is 2.31 bits per heavy atom. The lowest BCUT2D eigenvalue weighted by atomic mass is 10.2. The van der Waals surface area contributed by atoms with Crippen molar-refractivity contribution in [3.63, 3.8) is 0 Å². The molecule has 1 N–H and O–H groups in total. The minimum atomic E-state index is -4.01. The first-order chi connectivity index (χ1) is 15.1. The summed E-state index contributed by atoms with van der Waals surface area (Å²) in [5.41, 5.74) is -0.107. The minimum absolute atomic E-state index is 0.0317. The third-order valence-electron chi connectivity index (χ3n) is 5.27. The molecule has 1 aliphatic rings. The van der Waals surface area contributed by atoms with Crippen LogP contribution in [0.1, 0.15) is 12.2 Å². The smallest absolute Gasteiger partial charge is 0.262 e. The SMILES string of the molecule is Cc1nc(S(=O)(=O)N2CCCN(S(=O)(=O)c3ccc(F)c(-c4nn[nH]n4)c3)CC2)cn1C. The maximum Gasteiger partial charge on any atom is 0.262 e. The number of nitrogens with one attached hydrogen (secondary N) is 1. The number of halogens is 1. The van der Waals surface area contributed by atoms with E-state index < -0.39 is 25.9 Å². The molecule has 1 fully saturated rings. The van der Waals surface area contributed by atoms with Gasteiger partial charge < -0.3 is 4.57 Å². The molecule has 4 rings (SSSR count). The zero-order valence-corrected chi connectivity index (χ0v) is 18.9. The quantitative estimate of drug-likeness (QED) is 0.538. The van der Waals surface area contributed by atoms with Crippen LogP contribution in [0.2, 0.25) is 0 Å². The number of tetrazole rings is 1. The second kappa shape index (κ2) is 8.31. The van der Waals surface area contributed by atoms with E-state index in [9.17, 15) is 21.2 Å². The largest absolute Gasteiger partial charge is 0.337 e. The van der Waals surface area contributed by atoms with E-state index in [4.69, 9.17) is 0 Å². The van der Waals surface area contributed by atoms with Gasteiger partial charge in [0.05, 0.1) is 10.5 Å². The van der Waals surface area contributed by atoms with Gasteiger partial charge in [0.15, 0.2) is 5.03 Å². The van der Waals surface area contributed by atoms with Gasteiger partial charge in [-0.1, -0.05) is 0 Å². The summed E-state index contributed by atoms with van der Waals surface area (Å²) in [5, 5.41) is 12.9. The number of rotatable bonds is 5. The molecule has 1 aliphatic heterocycles. The maximum absolute atomic E-state index is 14.2. The van der Waals surface area contributed by atoms with Crippen LogP contribution in [0.25, 0.3) is 11.4 Å². The van der Waals surface area contributed by atoms with Crippen LogP contribution in [-0.4, -0.2) is 81.8 Å². The van der Waals surface area contributed by atoms with Gasteiger partial charge in [-0.25, -0.2) is 26.2 Å². The fourth-order valence-electron chi connectivity index (χ4n) is 3.39. The Balaban J connectivity index is 1.57. The molecule has 0 bridgehead atoms. The van der Waals surface area contributed by atoms with E-state index in [0.717, 1.165) is 18.2 Å². The molecule has 15 heteroatoms. The van der Waals surface area contributed by atoms with Crippen LogP contribution in [0.15, 0.2) is 34.3 Å². The van der Waals surface area contributed by atoms with Crippen LogP contribution in [0.3, 0.4) is 0 Å². The van der Waals surface area contributed by atoms with Crippen molar-refractivity contribution in [2.45, 2.75) is 23.3 Å². The first-order valence-corrected chi connectivity index (χ1v) is 12.5. The topological polar surface area (TPSA) is 147 Å². The van der Waals surface area contributed by atoms with Gasteiger partial charge in [0.25, 0.3) is 10.0 Å². The Morgan fingerprint density at radius 2 is 1.72 bits per heavy atom. The average Bonchev–Trinajstić information content (AvgIpc) is 3.31. The molecule has 3 aromatic rings. The second-order valence-corrected chi connectivity index (χ2v) is 11.1. The lowest BCUT2D eigenvalue weighted by molar-refractivity contribution is 0.403. The van der Waals surface area contributed by atoms with Gasteiger partial charge in [-0.05, 0) is 36.8 Å². The van der Waals surface area contributed by atoms with Crippen molar-refractivity contribution >= 4 is 20.0 Å². The van der Waals surface area contributed by atoms with E-state index in [1.165, 1.54) is 14.8 Å². The molecule has 0 unspecified atom stereocenters. The standard InChI is InChI=1S/C17H21FN8O4S2/c1-12-19-16(11-24(12)2)32(29,30)26-7-3-6-25(8-9-26)31(27,28)13-4-5-15(18)14(10-13)17-20-22-23-21-17/h4-5,10-11H,3,6-9H2,1-2H3,(H,20,21,22,23). The summed E-state index contributed by atoms with van der Waals surface area (Å²) in [5.74, 6) is -0.209. The summed E-state index contributed by atoms with van der Waals surface area (Å²) in [6.07, 6.45) is 1.73. The number of sulfonamides is 2. The van der Waals surface area contributed by atoms with Gasteiger partial charge >= 0.3 is 0 Å². The van der Waals surface area contributed by atoms with Crippen LogP contribution in [0.4, 0.5) is 4.39 Å². The number of imidazole rings is 1. The molecule has 0 aliphatic carbocycles. The van der Waals surface area contributed by atoms with E-state index in [0.29, 0.717) is 12.2 Å². The Morgan fingerprint density at radius 1 is 1.03 bits per heavy atom. The molecular weight excluding hydrogens is 463 g/mol. The number of aromatic amines is 1. The molecule has 0 spiro atoms. The van der Waals surface area contributed by atoms with Crippen LogP contribution in [-0.2, 0) is 27.1 Å². The van der Waals surface area contributed by atoms with Crippen LogP contribution in [0, 0.1) is 12.7 Å². The first kappa shape index (κ1) is 22.4. The number of hydrogen-bond donors (Lipinski definition) is 1. The Labute approximate surface area is 184 Å². The fourth-order valence-corrected chi connectivity index (χ4v) is 6.39. The molecule has 2 aromatic heterocycles. The third kappa shape index (κ3) is 4.03. The summed E-state index contributed by atoms with van der Waals surface area (Å²) in [6, 6.07) is 3.33. The van der Waals surface area contributed by atoms with Gasteiger partial charge in [-0.2, -0.15) is 13.8 Å². The molecule has 32 heavy (non-hydrogen) atoms. The van der Waals surface area contributed by atoms with Crippen LogP contribution < -0.4 is 0 Å². The second-order valence-electron chi connectivity index (χ2n) is 7.28. The third-order valence-corrected chi connectivity index (χ3v) is 8.93. The van der Waals surface area contributed by atoms with Crippen molar-refractivity contribution in [2.75, 3.05) is 26.2 Å². The zero-order chi connectivity index (χ0) is 23.1. The van der Waals surface area contributed by atoms with Gasteiger partial charge in [-0.3, -0.25) is 0 Å². The summed E-state index contributed by atoms with van der Waals surface area (Å²) < 4.78 is 70.6. The maximum atomic E-state index is 14.2. The van der Waals surface area contributed by atoms with Crippen molar-refractivity contribution in [1.29, 1.82) is 0 Å². The molecule has 0 amide bonds. The van der Waals surface area contributed by atoms with E-state index >= 15 is 0 Å². The number of hydrogen-bond acceptors (Lipinski definition) is 8. The Kier molecular flexibility index (Phi) is 5.83. The zero-order valence-electron chi connectivity index (χ0n) is 17.3. The number of H-pyrrole nitrogens is 1. The molecule has 0 atom stereocenters. The van der Waals surface area contributed by atoms with Crippen molar-refractivity contribution in [3.05, 3.63) is 36.0 Å². The van der Waals surface area contributed by atoms with Gasteiger partial charge in [0, 0.05) is 39.4 Å². The van der Waals surface area contributed by atoms with Crippen molar-refractivity contribution in [3.8, 4) is 11.4 Å². The molecule has 1 saturated heterocycles. The highest BCUT2D eigenvalue weighted by molar-refractivity contribution is 7.89. The highest BCUT2D eigenvalue weighted by Gasteiger charge is 2.33. The summed E-state index contributed by atoms with van der Waals surface area (Å²) in [6.45, 7) is 1.88. The van der Waals surface area contributed by atoms with Crippen molar-refractivity contribution in [2.24, 2.45) is 7.05 Å². The van der Waals surface area contributed by atoms with E-state index in [2.05, 4.69) is 25.6 Å². The Hall–Kier alpha value is -2.75. The lowest BCUT2D eigenvalue weighted by Crippen LogP contribution is -2.37. The highest BCUT2D eigenvalue weighted by atomic mass is 32.2. The van der Waals surface area contributed by atoms with Gasteiger partial charge in [0.1, 0.15) is 11.6 Å². The molecule has 0 radical (unpaired) electrons. The summed E-state index contributed by atoms with van der Waals surface area (Å²) in [4.78, 5) is 3.95. The number of nitrogens with zero attached hydrogens (tertiary/aromatic N) is 7. The number of aryl methyl sites for hydroxylation is 2. The Bertz CT molecular complexity index is 1320. The number of aromatic nitrogens is 6. The van der Waals surface area contributed by atoms with Crippen LogP contribution in [0.5, 0.6) is 0 Å². The van der Waals surface area contributed by atoms with Gasteiger partial charge in [0.2, 0.25) is 15.8 Å². The molecular formula is C17H21FN8O4S2. The van der Waals surface area contributed by atoms with E-state index in [1.54, 1.807) is 18.5 Å². The average molecular weight is 485 g/mol. The lowest BCUT2D eigenvalue weighted by Gasteiger charge is -2.21. The normalized spacial score (nSPS) is 16.8. The molecule has 1 aromatic carbocycles.